The molecule has 7 nitrogen and oxygen atoms in total. The van der Waals surface area contributed by atoms with Crippen molar-refractivity contribution in [3.63, 3.8) is 0 Å². The number of nitrogens with two attached hydrogens (primary N) is 2. The summed E-state index contributed by atoms with van der Waals surface area (Å²) in [4.78, 5) is 10.4. The monoisotopic (exact) mass is 437 g/mol. The molecule has 0 saturated carbocycles. The molecule has 0 spiro atoms. The molecule has 31 heavy (non-hydrogen) atoms. The Balaban J connectivity index is 1.55. The number of rotatable bonds is 5. The van der Waals surface area contributed by atoms with Crippen LogP contribution in [0.25, 0.3) is 10.9 Å². The zero-order valence-electron chi connectivity index (χ0n) is 16.7. The molecule has 0 saturated heterocycles. The van der Waals surface area contributed by atoms with Gasteiger partial charge in [0.25, 0.3) is 0 Å². The van der Waals surface area contributed by atoms with E-state index in [2.05, 4.69) is 9.97 Å². The lowest BCUT2D eigenvalue weighted by Crippen LogP contribution is -2.16. The number of sulfone groups is 1. The number of anilines is 3. The molecule has 0 fully saturated rings. The van der Waals surface area contributed by atoms with Gasteiger partial charge in [-0.1, -0.05) is 12.1 Å². The first-order chi connectivity index (χ1) is 14.7. The highest BCUT2D eigenvalue weighted by atomic mass is 32.2. The molecule has 0 radical (unpaired) electrons. The van der Waals surface area contributed by atoms with Crippen LogP contribution in [0.1, 0.15) is 5.56 Å². The third-order valence-corrected chi connectivity index (χ3v) is 6.73. The summed E-state index contributed by atoms with van der Waals surface area (Å²) < 4.78 is 38.5. The topological polar surface area (TPSA) is 115 Å². The first-order valence-electron chi connectivity index (χ1n) is 9.37. The van der Waals surface area contributed by atoms with Crippen molar-refractivity contribution in [3.8, 4) is 0 Å². The lowest BCUT2D eigenvalue weighted by Gasteiger charge is -2.20. The van der Waals surface area contributed by atoms with E-state index in [0.717, 1.165) is 23.4 Å². The number of hydrogen-bond donors (Lipinski definition) is 2. The van der Waals surface area contributed by atoms with Crippen molar-refractivity contribution in [3.05, 3.63) is 78.1 Å². The predicted molar refractivity (Wildman–Crippen MR) is 119 cm³/mol. The van der Waals surface area contributed by atoms with Crippen LogP contribution in [0.5, 0.6) is 0 Å². The summed E-state index contributed by atoms with van der Waals surface area (Å²) in [6, 6.07) is 17.0. The van der Waals surface area contributed by atoms with Crippen LogP contribution in [0.4, 0.5) is 21.8 Å². The Morgan fingerprint density at radius 1 is 0.903 bits per heavy atom. The van der Waals surface area contributed by atoms with Gasteiger partial charge in [-0.3, -0.25) is 0 Å². The van der Waals surface area contributed by atoms with Crippen molar-refractivity contribution in [2.45, 2.75) is 16.3 Å². The van der Waals surface area contributed by atoms with Gasteiger partial charge in [0.2, 0.25) is 15.8 Å². The first-order valence-corrected chi connectivity index (χ1v) is 10.9. The minimum Gasteiger partial charge on any atom is -0.383 e. The van der Waals surface area contributed by atoms with Crippen LogP contribution in [-0.4, -0.2) is 25.4 Å². The van der Waals surface area contributed by atoms with Gasteiger partial charge in [0, 0.05) is 24.7 Å². The van der Waals surface area contributed by atoms with Crippen LogP contribution in [0, 0.1) is 5.82 Å². The fourth-order valence-electron chi connectivity index (χ4n) is 3.29. The van der Waals surface area contributed by atoms with Gasteiger partial charge in [-0.25, -0.2) is 17.8 Å². The lowest BCUT2D eigenvalue weighted by atomic mass is 10.1. The van der Waals surface area contributed by atoms with Gasteiger partial charge in [-0.15, -0.1) is 0 Å². The molecule has 0 unspecified atom stereocenters. The minimum absolute atomic E-state index is 0.0513. The standard InChI is InChI=1S/C22H20FN5O2S/c1-28(16-6-11-20-19(12-16)21(24)27-22(25)26-20)13-14-2-7-17(8-3-14)31(29,30)18-9-4-15(23)5-10-18/h2-12H,13H2,1H3,(H4,24,25,26,27). The number of halogens is 1. The average Bonchev–Trinajstić information content (AvgIpc) is 2.74. The lowest BCUT2D eigenvalue weighted by molar-refractivity contribution is 0.594. The summed E-state index contributed by atoms with van der Waals surface area (Å²) >= 11 is 0. The van der Waals surface area contributed by atoms with Gasteiger partial charge >= 0.3 is 0 Å². The van der Waals surface area contributed by atoms with Gasteiger partial charge in [0.05, 0.1) is 15.3 Å². The molecule has 1 aromatic heterocycles. The number of fused-ring (bicyclic) bond motifs is 1. The molecular weight excluding hydrogens is 417 g/mol. The number of hydrogen-bond acceptors (Lipinski definition) is 7. The van der Waals surface area contributed by atoms with E-state index in [1.165, 1.54) is 12.1 Å². The fraction of sp³-hybridized carbons (Fsp3) is 0.0909. The second-order valence-corrected chi connectivity index (χ2v) is 9.08. The quantitative estimate of drug-likeness (QED) is 0.460. The van der Waals surface area contributed by atoms with E-state index in [1.807, 2.05) is 30.1 Å². The van der Waals surface area contributed by atoms with E-state index in [9.17, 15) is 12.8 Å². The molecule has 0 atom stereocenters. The van der Waals surface area contributed by atoms with E-state index in [1.54, 1.807) is 24.3 Å². The summed E-state index contributed by atoms with van der Waals surface area (Å²) in [7, 11) is -1.79. The molecule has 4 N–H and O–H groups in total. The Kier molecular flexibility index (Phi) is 5.20. The maximum atomic E-state index is 13.1. The molecule has 0 aliphatic heterocycles. The van der Waals surface area contributed by atoms with Crippen LogP contribution in [0.15, 0.2) is 76.5 Å². The molecule has 4 aromatic rings. The fourth-order valence-corrected chi connectivity index (χ4v) is 4.55. The smallest absolute Gasteiger partial charge is 0.222 e. The maximum Gasteiger partial charge on any atom is 0.222 e. The van der Waals surface area contributed by atoms with Crippen molar-refractivity contribution in [2.75, 3.05) is 23.4 Å². The first kappa shape index (κ1) is 20.5. The summed E-state index contributed by atoms with van der Waals surface area (Å²) in [5.41, 5.74) is 14.1. The molecule has 4 rings (SSSR count). The van der Waals surface area contributed by atoms with Crippen molar-refractivity contribution in [1.82, 2.24) is 9.97 Å². The Morgan fingerprint density at radius 2 is 1.52 bits per heavy atom. The van der Waals surface area contributed by atoms with Crippen molar-refractivity contribution < 1.29 is 12.8 Å². The normalized spacial score (nSPS) is 11.5. The van der Waals surface area contributed by atoms with Crippen LogP contribution >= 0.6 is 0 Å². The van der Waals surface area contributed by atoms with Gasteiger partial charge in [-0.05, 0) is 60.2 Å². The largest absolute Gasteiger partial charge is 0.383 e. The van der Waals surface area contributed by atoms with Gasteiger partial charge < -0.3 is 16.4 Å². The third-order valence-electron chi connectivity index (χ3n) is 4.94. The number of nitrogen functional groups attached to an aromatic ring is 2. The number of benzene rings is 3. The Labute approximate surface area is 179 Å². The molecule has 158 valence electrons. The van der Waals surface area contributed by atoms with E-state index >= 15 is 0 Å². The third kappa shape index (κ3) is 4.13. The van der Waals surface area contributed by atoms with Crippen molar-refractivity contribution >= 4 is 38.2 Å². The van der Waals surface area contributed by atoms with E-state index in [-0.39, 0.29) is 15.7 Å². The molecular formula is C22H20FN5O2S. The highest BCUT2D eigenvalue weighted by Gasteiger charge is 2.17. The molecule has 0 amide bonds. The maximum absolute atomic E-state index is 13.1. The van der Waals surface area contributed by atoms with Crippen LogP contribution in [-0.2, 0) is 16.4 Å². The molecule has 3 aromatic carbocycles. The highest BCUT2D eigenvalue weighted by molar-refractivity contribution is 7.91. The van der Waals surface area contributed by atoms with Gasteiger partial charge in [0.1, 0.15) is 11.6 Å². The molecule has 9 heteroatoms. The summed E-state index contributed by atoms with van der Waals surface area (Å²) in [5.74, 6) is -0.0438. The predicted octanol–water partition coefficient (Wildman–Crippen LogP) is 3.40. The number of nitrogens with zero attached hydrogens (tertiary/aromatic N) is 3. The molecule has 0 bridgehead atoms. The van der Waals surface area contributed by atoms with E-state index in [4.69, 9.17) is 11.5 Å². The summed E-state index contributed by atoms with van der Waals surface area (Å²) in [6.07, 6.45) is 0. The van der Waals surface area contributed by atoms with Gasteiger partial charge in [0.15, 0.2) is 0 Å². The van der Waals surface area contributed by atoms with Crippen LogP contribution in [0.3, 0.4) is 0 Å². The highest BCUT2D eigenvalue weighted by Crippen LogP contribution is 2.26. The Morgan fingerprint density at radius 3 is 2.16 bits per heavy atom. The van der Waals surface area contributed by atoms with Crippen LogP contribution in [0.2, 0.25) is 0 Å². The van der Waals surface area contributed by atoms with Gasteiger partial charge in [-0.2, -0.15) is 4.98 Å². The zero-order chi connectivity index (χ0) is 22.2. The SMILES string of the molecule is CN(Cc1ccc(S(=O)(=O)c2ccc(F)cc2)cc1)c1ccc2nc(N)nc(N)c2c1. The summed E-state index contributed by atoms with van der Waals surface area (Å²) in [6.45, 7) is 0.540. The second kappa shape index (κ2) is 7.84. The Hall–Kier alpha value is -3.72. The minimum atomic E-state index is -3.70. The number of aromatic nitrogens is 2. The van der Waals surface area contributed by atoms with E-state index in [0.29, 0.717) is 23.3 Å². The van der Waals surface area contributed by atoms with E-state index < -0.39 is 15.7 Å². The average molecular weight is 438 g/mol. The molecule has 0 aliphatic rings. The van der Waals surface area contributed by atoms with Crippen molar-refractivity contribution in [1.29, 1.82) is 0 Å². The van der Waals surface area contributed by atoms with Crippen LogP contribution < -0.4 is 16.4 Å². The van der Waals surface area contributed by atoms with Crippen molar-refractivity contribution in [2.24, 2.45) is 0 Å². The zero-order valence-corrected chi connectivity index (χ0v) is 17.5. The Bertz CT molecular complexity index is 1360. The molecule has 1 heterocycles. The molecule has 0 aliphatic carbocycles. The summed E-state index contributed by atoms with van der Waals surface area (Å²) in [5, 5.41) is 0.708. The second-order valence-electron chi connectivity index (χ2n) is 7.13.